The van der Waals surface area contributed by atoms with Crippen molar-refractivity contribution < 1.29 is 14.3 Å². The molecule has 0 amide bonds. The van der Waals surface area contributed by atoms with E-state index in [9.17, 15) is 4.79 Å². The fraction of sp³-hybridized carbons (Fsp3) is 0.235. The number of carbonyl (C=O) groups is 1. The first kappa shape index (κ1) is 11.8. The molecule has 2 fully saturated rings. The molecular formula is C17H14O3. The van der Waals surface area contributed by atoms with Gasteiger partial charge in [-0.15, -0.1) is 0 Å². The molecule has 0 spiro atoms. The van der Waals surface area contributed by atoms with Gasteiger partial charge in [-0.25, -0.2) is 0 Å². The molecule has 4 rings (SSSR count). The first-order valence-electron chi connectivity index (χ1n) is 6.80. The molecule has 0 bridgehead atoms. The van der Waals surface area contributed by atoms with Gasteiger partial charge in [0.05, 0.1) is 0 Å². The van der Waals surface area contributed by atoms with E-state index in [1.54, 1.807) is 0 Å². The molecule has 0 saturated carbocycles. The van der Waals surface area contributed by atoms with Gasteiger partial charge < -0.3 is 9.47 Å². The Bertz CT molecular complexity index is 623. The number of hydrogen-bond acceptors (Lipinski definition) is 3. The van der Waals surface area contributed by atoms with Crippen LogP contribution in [0, 0.1) is 0 Å². The van der Waals surface area contributed by atoms with E-state index in [4.69, 9.17) is 9.47 Å². The standard InChI is InChI=1S/C17H14O3/c18-13(11-7-3-1-4-8-11)15-17(20-15)16-14(19-16)12-9-5-2-6-10-12/h1-10,14-17H/t14-,15-,16+,17+/m1/s1. The molecule has 2 heterocycles. The maximum absolute atomic E-state index is 12.2. The molecule has 2 aromatic rings. The number of benzene rings is 2. The highest BCUT2D eigenvalue weighted by molar-refractivity contribution is 6.01. The van der Waals surface area contributed by atoms with Gasteiger partial charge in [-0.3, -0.25) is 4.79 Å². The number of carbonyl (C=O) groups excluding carboxylic acids is 1. The van der Waals surface area contributed by atoms with Gasteiger partial charge in [-0.1, -0.05) is 60.7 Å². The first-order valence-corrected chi connectivity index (χ1v) is 6.80. The molecule has 2 aliphatic heterocycles. The predicted octanol–water partition coefficient (Wildman–Crippen LogP) is 2.78. The van der Waals surface area contributed by atoms with Crippen LogP contribution >= 0.6 is 0 Å². The second kappa shape index (κ2) is 4.54. The zero-order valence-corrected chi connectivity index (χ0v) is 10.8. The van der Waals surface area contributed by atoms with Crippen LogP contribution in [0.3, 0.4) is 0 Å². The van der Waals surface area contributed by atoms with E-state index in [-0.39, 0.29) is 30.2 Å². The molecule has 0 radical (unpaired) electrons. The number of ketones is 1. The van der Waals surface area contributed by atoms with Crippen LogP contribution < -0.4 is 0 Å². The Labute approximate surface area is 117 Å². The third-order valence-electron chi connectivity index (χ3n) is 3.82. The van der Waals surface area contributed by atoms with Crippen molar-refractivity contribution >= 4 is 5.78 Å². The minimum Gasteiger partial charge on any atom is -0.362 e. The van der Waals surface area contributed by atoms with Crippen LogP contribution in [0.4, 0.5) is 0 Å². The van der Waals surface area contributed by atoms with Crippen molar-refractivity contribution in [3.8, 4) is 0 Å². The molecule has 0 N–H and O–H groups in total. The number of epoxide rings is 2. The lowest BCUT2D eigenvalue weighted by Crippen LogP contribution is -2.13. The van der Waals surface area contributed by atoms with Crippen LogP contribution in [0.2, 0.25) is 0 Å². The zero-order valence-electron chi connectivity index (χ0n) is 10.8. The maximum Gasteiger partial charge on any atom is 0.194 e. The quantitative estimate of drug-likeness (QED) is 0.631. The van der Waals surface area contributed by atoms with Crippen LogP contribution in [0.5, 0.6) is 0 Å². The van der Waals surface area contributed by atoms with E-state index >= 15 is 0 Å². The largest absolute Gasteiger partial charge is 0.362 e. The Morgan fingerprint density at radius 1 is 0.800 bits per heavy atom. The highest BCUT2D eigenvalue weighted by Gasteiger charge is 2.60. The third kappa shape index (κ3) is 2.05. The molecule has 3 heteroatoms. The molecule has 2 saturated heterocycles. The topological polar surface area (TPSA) is 42.1 Å². The van der Waals surface area contributed by atoms with Gasteiger partial charge in [-0.05, 0) is 5.56 Å². The fourth-order valence-electron chi connectivity index (χ4n) is 2.64. The minimum absolute atomic E-state index is 0.0232. The molecule has 2 aromatic carbocycles. The molecule has 3 nitrogen and oxygen atoms in total. The molecule has 0 aliphatic carbocycles. The van der Waals surface area contributed by atoms with Crippen LogP contribution in [0.1, 0.15) is 22.0 Å². The molecule has 4 atom stereocenters. The van der Waals surface area contributed by atoms with Gasteiger partial charge in [-0.2, -0.15) is 0 Å². The van der Waals surface area contributed by atoms with Crippen LogP contribution in [-0.2, 0) is 9.47 Å². The van der Waals surface area contributed by atoms with Crippen molar-refractivity contribution in [2.24, 2.45) is 0 Å². The molecule has 100 valence electrons. The number of Topliss-reactive ketones (excluding diaryl/α,β-unsaturated/α-hetero) is 1. The second-order valence-electron chi connectivity index (χ2n) is 5.18. The summed E-state index contributed by atoms with van der Waals surface area (Å²) in [5.74, 6) is 0.0536. The average Bonchev–Trinajstić information content (AvgIpc) is 3.39. The SMILES string of the molecule is O=C(c1ccccc1)[C@H]1O[C@@H]1[C@H]1O[C@@H]1c1ccccc1. The van der Waals surface area contributed by atoms with Crippen molar-refractivity contribution in [2.45, 2.75) is 24.4 Å². The lowest BCUT2D eigenvalue weighted by molar-refractivity contribution is 0.0953. The molecule has 0 aromatic heterocycles. The summed E-state index contributed by atoms with van der Waals surface area (Å²) in [6.45, 7) is 0. The maximum atomic E-state index is 12.2. The van der Waals surface area contributed by atoms with E-state index in [0.29, 0.717) is 5.56 Å². The van der Waals surface area contributed by atoms with E-state index in [1.165, 1.54) is 0 Å². The summed E-state index contributed by atoms with van der Waals surface area (Å²) in [4.78, 5) is 12.2. The third-order valence-corrected chi connectivity index (χ3v) is 3.82. The lowest BCUT2D eigenvalue weighted by atomic mass is 10.0. The van der Waals surface area contributed by atoms with Crippen molar-refractivity contribution in [1.82, 2.24) is 0 Å². The van der Waals surface area contributed by atoms with Crippen molar-refractivity contribution in [1.29, 1.82) is 0 Å². The van der Waals surface area contributed by atoms with E-state index in [1.807, 2.05) is 60.7 Å². The molecule has 2 aliphatic rings. The zero-order chi connectivity index (χ0) is 13.5. The smallest absolute Gasteiger partial charge is 0.194 e. The Kier molecular flexibility index (Phi) is 2.69. The Hall–Kier alpha value is -1.97. The predicted molar refractivity (Wildman–Crippen MR) is 73.5 cm³/mol. The van der Waals surface area contributed by atoms with Crippen LogP contribution in [0.25, 0.3) is 0 Å². The summed E-state index contributed by atoms with van der Waals surface area (Å²) in [6.07, 6.45) is -0.325. The lowest BCUT2D eigenvalue weighted by Gasteiger charge is -1.95. The van der Waals surface area contributed by atoms with Gasteiger partial charge in [0.2, 0.25) is 0 Å². The fourth-order valence-corrected chi connectivity index (χ4v) is 2.64. The van der Waals surface area contributed by atoms with Crippen LogP contribution in [-0.4, -0.2) is 24.1 Å². The summed E-state index contributed by atoms with van der Waals surface area (Å²) in [7, 11) is 0. The summed E-state index contributed by atoms with van der Waals surface area (Å²) in [5.41, 5.74) is 1.86. The first-order chi connectivity index (χ1) is 9.84. The highest BCUT2D eigenvalue weighted by Crippen LogP contribution is 2.48. The van der Waals surface area contributed by atoms with E-state index < -0.39 is 0 Å². The number of hydrogen-bond donors (Lipinski definition) is 0. The van der Waals surface area contributed by atoms with Crippen molar-refractivity contribution in [3.05, 3.63) is 71.8 Å². The average molecular weight is 266 g/mol. The molecule has 0 unspecified atom stereocenters. The van der Waals surface area contributed by atoms with Crippen molar-refractivity contribution in [3.63, 3.8) is 0 Å². The normalized spacial score (nSPS) is 30.8. The van der Waals surface area contributed by atoms with Gasteiger partial charge in [0, 0.05) is 5.56 Å². The van der Waals surface area contributed by atoms with Crippen molar-refractivity contribution in [2.75, 3.05) is 0 Å². The number of rotatable bonds is 4. The van der Waals surface area contributed by atoms with Crippen LogP contribution in [0.15, 0.2) is 60.7 Å². The monoisotopic (exact) mass is 266 g/mol. The van der Waals surface area contributed by atoms with E-state index in [2.05, 4.69) is 0 Å². The van der Waals surface area contributed by atoms with Gasteiger partial charge in [0.1, 0.15) is 24.4 Å². The molecule has 20 heavy (non-hydrogen) atoms. The van der Waals surface area contributed by atoms with Gasteiger partial charge in [0.15, 0.2) is 5.78 Å². The van der Waals surface area contributed by atoms with E-state index in [0.717, 1.165) is 5.56 Å². The Balaban J connectivity index is 1.41. The summed E-state index contributed by atoms with van der Waals surface area (Å²) < 4.78 is 11.2. The van der Waals surface area contributed by atoms with Gasteiger partial charge in [0.25, 0.3) is 0 Å². The highest BCUT2D eigenvalue weighted by atomic mass is 16.7. The second-order valence-corrected chi connectivity index (χ2v) is 5.18. The minimum atomic E-state index is -0.337. The Morgan fingerprint density at radius 2 is 1.45 bits per heavy atom. The Morgan fingerprint density at radius 3 is 2.15 bits per heavy atom. The summed E-state index contributed by atoms with van der Waals surface area (Å²) in [6, 6.07) is 19.3. The van der Waals surface area contributed by atoms with Gasteiger partial charge >= 0.3 is 0 Å². The summed E-state index contributed by atoms with van der Waals surface area (Å²) >= 11 is 0. The molecular weight excluding hydrogens is 252 g/mol. The summed E-state index contributed by atoms with van der Waals surface area (Å²) in [5, 5.41) is 0. The number of ether oxygens (including phenoxy) is 2.